The van der Waals surface area contributed by atoms with Gasteiger partial charge >= 0.3 is 0 Å². The first kappa shape index (κ1) is 22.8. The van der Waals surface area contributed by atoms with Crippen LogP contribution >= 0.6 is 11.6 Å². The molecule has 0 atom stereocenters. The molecule has 1 saturated heterocycles. The van der Waals surface area contributed by atoms with E-state index in [9.17, 15) is 0 Å². The molecule has 1 fully saturated rings. The third kappa shape index (κ3) is 4.86. The van der Waals surface area contributed by atoms with E-state index in [0.717, 1.165) is 65.6 Å². The van der Waals surface area contributed by atoms with E-state index in [2.05, 4.69) is 38.2 Å². The number of aromatic nitrogens is 2. The lowest BCUT2D eigenvalue weighted by Crippen LogP contribution is -2.43. The predicted molar refractivity (Wildman–Crippen MR) is 143 cm³/mol. The van der Waals surface area contributed by atoms with Crippen molar-refractivity contribution in [2.75, 3.05) is 38.5 Å². The van der Waals surface area contributed by atoms with Crippen LogP contribution in [0, 0.1) is 0 Å². The van der Waals surface area contributed by atoms with Crippen LogP contribution in [0.2, 0.25) is 5.02 Å². The maximum atomic E-state index is 6.51. The number of piperazine rings is 1. The molecule has 0 radical (unpaired) electrons. The first-order valence-electron chi connectivity index (χ1n) is 12.0. The molecule has 2 aromatic heterocycles. The summed E-state index contributed by atoms with van der Waals surface area (Å²) in [4.78, 5) is 13.8. The third-order valence-corrected chi connectivity index (χ3v) is 6.85. The van der Waals surface area contributed by atoms with Gasteiger partial charge in [0.2, 0.25) is 0 Å². The van der Waals surface area contributed by atoms with E-state index in [4.69, 9.17) is 20.8 Å². The first-order chi connectivity index (χ1) is 17.6. The van der Waals surface area contributed by atoms with E-state index in [1.165, 1.54) is 0 Å². The van der Waals surface area contributed by atoms with E-state index < -0.39 is 0 Å². The summed E-state index contributed by atoms with van der Waals surface area (Å²) in [6.07, 6.45) is 1.75. The average molecular weight is 500 g/mol. The number of rotatable bonds is 6. The van der Waals surface area contributed by atoms with Crippen molar-refractivity contribution in [3.8, 4) is 11.5 Å². The number of para-hydroxylation sites is 1. The molecule has 5 aromatic rings. The van der Waals surface area contributed by atoms with Gasteiger partial charge in [-0.3, -0.25) is 9.88 Å². The van der Waals surface area contributed by atoms with Crippen LogP contribution in [-0.2, 0) is 6.54 Å². The Labute approximate surface area is 214 Å². The molecule has 0 bridgehead atoms. The van der Waals surface area contributed by atoms with Crippen LogP contribution in [0.5, 0.6) is 11.5 Å². The Morgan fingerprint density at radius 3 is 2.72 bits per heavy atom. The van der Waals surface area contributed by atoms with Crippen molar-refractivity contribution in [2.24, 2.45) is 0 Å². The second-order valence-corrected chi connectivity index (χ2v) is 9.49. The minimum absolute atomic E-state index is 0.421. The quantitative estimate of drug-likeness (QED) is 0.293. The lowest BCUT2D eigenvalue weighted by atomic mass is 10.1. The molecular formula is C28H26ClN5O2. The van der Waals surface area contributed by atoms with E-state index in [-0.39, 0.29) is 0 Å². The Morgan fingerprint density at radius 1 is 0.972 bits per heavy atom. The normalized spacial score (nSPS) is 14.9. The third-order valence-electron chi connectivity index (χ3n) is 6.48. The summed E-state index contributed by atoms with van der Waals surface area (Å²) < 4.78 is 12.1. The molecule has 36 heavy (non-hydrogen) atoms. The highest BCUT2D eigenvalue weighted by atomic mass is 35.5. The number of anilines is 2. The van der Waals surface area contributed by atoms with Crippen LogP contribution in [0.25, 0.3) is 22.0 Å². The zero-order chi connectivity index (χ0) is 24.5. The van der Waals surface area contributed by atoms with E-state index in [1.54, 1.807) is 6.20 Å². The number of hydrogen-bond donors (Lipinski definition) is 1. The topological polar surface area (TPSA) is 66.7 Å². The van der Waals surface area contributed by atoms with Crippen LogP contribution in [0.1, 0.15) is 5.56 Å². The fraction of sp³-hybridized carbons (Fsp3) is 0.214. The second kappa shape index (κ2) is 9.78. The summed E-state index contributed by atoms with van der Waals surface area (Å²) in [6, 6.07) is 21.7. The van der Waals surface area contributed by atoms with Crippen LogP contribution in [0.3, 0.4) is 0 Å². The van der Waals surface area contributed by atoms with Crippen molar-refractivity contribution in [1.29, 1.82) is 0 Å². The van der Waals surface area contributed by atoms with Gasteiger partial charge in [-0.1, -0.05) is 23.7 Å². The summed E-state index contributed by atoms with van der Waals surface area (Å²) in [5.74, 6) is 1.43. The van der Waals surface area contributed by atoms with Gasteiger partial charge in [-0.05, 0) is 61.1 Å². The van der Waals surface area contributed by atoms with E-state index in [1.807, 2.05) is 60.7 Å². The minimum atomic E-state index is 0.421. The molecule has 6 rings (SSSR count). The molecule has 1 N–H and O–H groups in total. The van der Waals surface area contributed by atoms with Crippen molar-refractivity contribution < 1.29 is 9.15 Å². The molecule has 3 heterocycles. The predicted octanol–water partition coefficient (Wildman–Crippen LogP) is 6.31. The number of halogens is 1. The van der Waals surface area contributed by atoms with Crippen LogP contribution in [0.4, 0.5) is 11.7 Å². The fourth-order valence-corrected chi connectivity index (χ4v) is 4.63. The molecule has 3 aromatic carbocycles. The lowest BCUT2D eigenvalue weighted by molar-refractivity contribution is 0.148. The molecule has 1 aliphatic heterocycles. The van der Waals surface area contributed by atoms with Crippen molar-refractivity contribution in [1.82, 2.24) is 19.8 Å². The van der Waals surface area contributed by atoms with Gasteiger partial charge in [0, 0.05) is 61.1 Å². The summed E-state index contributed by atoms with van der Waals surface area (Å²) in [7, 11) is 2.16. The van der Waals surface area contributed by atoms with Crippen molar-refractivity contribution in [3.63, 3.8) is 0 Å². The van der Waals surface area contributed by atoms with Gasteiger partial charge in [0.15, 0.2) is 5.58 Å². The van der Waals surface area contributed by atoms with Gasteiger partial charge < -0.3 is 19.4 Å². The second-order valence-electron chi connectivity index (χ2n) is 9.09. The number of benzene rings is 3. The SMILES string of the molecule is CN1CCN(Cc2cc(Nc3nc4cc(Oc5ccnc6ccccc56)ccc4o3)ccc2Cl)CC1. The highest BCUT2D eigenvalue weighted by molar-refractivity contribution is 6.31. The number of pyridine rings is 1. The van der Waals surface area contributed by atoms with Crippen LogP contribution < -0.4 is 10.1 Å². The number of likely N-dealkylation sites (N-methyl/N-ethyl adjacent to an activating group) is 1. The molecular weight excluding hydrogens is 474 g/mol. The highest BCUT2D eigenvalue weighted by Crippen LogP contribution is 2.32. The highest BCUT2D eigenvalue weighted by Gasteiger charge is 2.16. The Kier molecular flexibility index (Phi) is 6.19. The number of nitrogens with zero attached hydrogens (tertiary/aromatic N) is 4. The fourth-order valence-electron chi connectivity index (χ4n) is 4.45. The Balaban J connectivity index is 1.20. The molecule has 0 amide bonds. The number of fused-ring (bicyclic) bond motifs is 2. The molecule has 8 heteroatoms. The lowest BCUT2D eigenvalue weighted by Gasteiger charge is -2.32. The van der Waals surface area contributed by atoms with Crippen LogP contribution in [-0.4, -0.2) is 53.0 Å². The van der Waals surface area contributed by atoms with Gasteiger partial charge in [0.05, 0.1) is 5.52 Å². The van der Waals surface area contributed by atoms with Crippen molar-refractivity contribution in [2.45, 2.75) is 6.54 Å². The number of oxazole rings is 1. The first-order valence-corrected chi connectivity index (χ1v) is 12.4. The average Bonchev–Trinajstić information content (AvgIpc) is 3.29. The van der Waals surface area contributed by atoms with Crippen molar-refractivity contribution >= 4 is 45.3 Å². The summed E-state index contributed by atoms with van der Waals surface area (Å²) in [5, 5.41) is 5.01. The minimum Gasteiger partial charge on any atom is -0.457 e. The molecule has 0 aliphatic carbocycles. The van der Waals surface area contributed by atoms with Gasteiger partial charge in [-0.2, -0.15) is 4.98 Å². The summed E-state index contributed by atoms with van der Waals surface area (Å²) in [5.41, 5.74) is 4.24. The van der Waals surface area contributed by atoms with E-state index in [0.29, 0.717) is 22.9 Å². The molecule has 7 nitrogen and oxygen atoms in total. The number of hydrogen-bond acceptors (Lipinski definition) is 7. The van der Waals surface area contributed by atoms with Crippen LogP contribution in [0.15, 0.2) is 77.3 Å². The summed E-state index contributed by atoms with van der Waals surface area (Å²) >= 11 is 6.51. The molecule has 0 unspecified atom stereocenters. The van der Waals surface area contributed by atoms with Crippen molar-refractivity contribution in [3.05, 3.63) is 83.5 Å². The molecule has 0 saturated carbocycles. The molecule has 1 aliphatic rings. The Hall–Kier alpha value is -3.65. The number of ether oxygens (including phenoxy) is 1. The van der Waals surface area contributed by atoms with Gasteiger partial charge in [0.25, 0.3) is 6.01 Å². The Morgan fingerprint density at radius 2 is 1.83 bits per heavy atom. The maximum Gasteiger partial charge on any atom is 0.300 e. The Bertz CT molecular complexity index is 1520. The summed E-state index contributed by atoms with van der Waals surface area (Å²) in [6.45, 7) is 5.04. The smallest absolute Gasteiger partial charge is 0.300 e. The van der Waals surface area contributed by atoms with Gasteiger partial charge in [-0.25, -0.2) is 0 Å². The maximum absolute atomic E-state index is 6.51. The number of nitrogens with one attached hydrogen (secondary N) is 1. The zero-order valence-corrected chi connectivity index (χ0v) is 20.7. The molecule has 182 valence electrons. The van der Waals surface area contributed by atoms with Gasteiger partial charge in [0.1, 0.15) is 17.0 Å². The monoisotopic (exact) mass is 499 g/mol. The largest absolute Gasteiger partial charge is 0.457 e. The standard InChI is InChI=1S/C28H26ClN5O2/c1-33-12-14-34(15-13-33)18-19-16-20(6-8-23(19)29)31-28-32-25-17-21(7-9-27(25)36-28)35-26-10-11-30-24-5-3-2-4-22(24)26/h2-11,16-17H,12-15,18H2,1H3,(H,31,32). The van der Waals surface area contributed by atoms with E-state index >= 15 is 0 Å². The van der Waals surface area contributed by atoms with Gasteiger partial charge in [-0.15, -0.1) is 0 Å². The molecule has 0 spiro atoms. The zero-order valence-electron chi connectivity index (χ0n) is 19.9.